The molecule has 188 valence electrons. The molecule has 5 nitrogen and oxygen atoms in total. The van der Waals surface area contributed by atoms with Gasteiger partial charge in [0.2, 0.25) is 6.23 Å². The third-order valence-corrected chi connectivity index (χ3v) is 8.56. The molecule has 0 spiro atoms. The van der Waals surface area contributed by atoms with E-state index in [9.17, 15) is 0 Å². The number of hydrogen-bond donors (Lipinski definition) is 0. The normalized spacial score (nSPS) is 18.2. The molecule has 0 fully saturated rings. The number of ether oxygens (including phenoxy) is 1. The first-order chi connectivity index (χ1) is 18.6. The molecule has 0 bridgehead atoms. The summed E-state index contributed by atoms with van der Waals surface area (Å²) >= 11 is 11.5. The van der Waals surface area contributed by atoms with Crippen LogP contribution in [0.15, 0.2) is 104 Å². The zero-order chi connectivity index (χ0) is 25.8. The van der Waals surface area contributed by atoms with Crippen molar-refractivity contribution in [1.29, 1.82) is 0 Å². The van der Waals surface area contributed by atoms with Crippen molar-refractivity contribution in [3.05, 3.63) is 111 Å². The SMILES string of the molecule is CSc1ccc(C2=NN3C(C2)c2cc(Br)ccc2OC3c2ccc3noc(-c4ccc(Cl)cc4)c3c2)cc1. The summed E-state index contributed by atoms with van der Waals surface area (Å²) in [4.78, 5) is 1.24. The molecule has 2 atom stereocenters. The zero-order valence-electron chi connectivity index (χ0n) is 20.3. The maximum absolute atomic E-state index is 6.62. The lowest BCUT2D eigenvalue weighted by Crippen LogP contribution is -2.33. The molecule has 1 aromatic heterocycles. The summed E-state index contributed by atoms with van der Waals surface area (Å²) in [5.41, 5.74) is 6.00. The second-order valence-electron chi connectivity index (χ2n) is 9.32. The van der Waals surface area contributed by atoms with Crippen molar-refractivity contribution in [3.63, 3.8) is 0 Å². The molecule has 0 radical (unpaired) electrons. The average molecular weight is 603 g/mol. The Morgan fingerprint density at radius 2 is 1.74 bits per heavy atom. The van der Waals surface area contributed by atoms with Crippen molar-refractivity contribution in [2.75, 3.05) is 6.26 Å². The molecule has 0 aliphatic carbocycles. The fourth-order valence-corrected chi connectivity index (χ4v) is 6.07. The highest BCUT2D eigenvalue weighted by molar-refractivity contribution is 9.10. The van der Waals surface area contributed by atoms with Crippen LogP contribution < -0.4 is 4.74 Å². The number of aromatic nitrogens is 1. The number of fused-ring (bicyclic) bond motifs is 4. The third-order valence-electron chi connectivity index (χ3n) is 7.07. The molecule has 0 saturated heterocycles. The van der Waals surface area contributed by atoms with Crippen LogP contribution in [0, 0.1) is 0 Å². The summed E-state index contributed by atoms with van der Waals surface area (Å²) in [6.07, 6.45) is 2.49. The molecule has 2 aliphatic rings. The number of halogens is 2. The Bertz CT molecular complexity index is 1700. The average Bonchev–Trinajstić information content (AvgIpc) is 3.58. The van der Waals surface area contributed by atoms with Gasteiger partial charge in [-0.15, -0.1) is 11.8 Å². The minimum Gasteiger partial charge on any atom is -0.464 e. The van der Waals surface area contributed by atoms with Crippen molar-refractivity contribution in [2.45, 2.75) is 23.6 Å². The number of hydrazone groups is 1. The maximum Gasteiger partial charge on any atom is 0.213 e. The molecule has 0 N–H and O–H groups in total. The van der Waals surface area contributed by atoms with Crippen LogP contribution in [0.3, 0.4) is 0 Å². The number of thioether (sulfide) groups is 1. The first-order valence-electron chi connectivity index (χ1n) is 12.2. The molecule has 4 aromatic carbocycles. The molecule has 5 aromatic rings. The molecule has 7 rings (SSSR count). The van der Waals surface area contributed by atoms with Crippen LogP contribution >= 0.6 is 39.3 Å². The summed E-state index contributed by atoms with van der Waals surface area (Å²) in [6.45, 7) is 0. The van der Waals surface area contributed by atoms with Gasteiger partial charge >= 0.3 is 0 Å². The van der Waals surface area contributed by atoms with Crippen molar-refractivity contribution in [3.8, 4) is 17.1 Å². The molecule has 8 heteroatoms. The monoisotopic (exact) mass is 601 g/mol. The van der Waals surface area contributed by atoms with E-state index in [2.05, 4.69) is 68.7 Å². The fraction of sp³-hybridized carbons (Fsp3) is 0.133. The Morgan fingerprint density at radius 1 is 0.947 bits per heavy atom. The van der Waals surface area contributed by atoms with Gasteiger partial charge in [0, 0.05) is 37.5 Å². The van der Waals surface area contributed by atoms with Crippen molar-refractivity contribution in [2.24, 2.45) is 5.10 Å². The largest absolute Gasteiger partial charge is 0.464 e. The van der Waals surface area contributed by atoms with E-state index >= 15 is 0 Å². The van der Waals surface area contributed by atoms with Crippen LogP contribution in [0.2, 0.25) is 5.02 Å². The first-order valence-corrected chi connectivity index (χ1v) is 14.6. The highest BCUT2D eigenvalue weighted by Crippen LogP contribution is 2.48. The van der Waals surface area contributed by atoms with Crippen LogP contribution in [0.4, 0.5) is 0 Å². The Morgan fingerprint density at radius 3 is 2.53 bits per heavy atom. The summed E-state index contributed by atoms with van der Waals surface area (Å²) in [7, 11) is 0. The fourth-order valence-electron chi connectivity index (χ4n) is 5.16. The lowest BCUT2D eigenvalue weighted by Gasteiger charge is -2.38. The molecule has 38 heavy (non-hydrogen) atoms. The summed E-state index contributed by atoms with van der Waals surface area (Å²) in [6, 6.07) is 28.6. The lowest BCUT2D eigenvalue weighted by molar-refractivity contribution is -0.0189. The molecule has 2 unspecified atom stereocenters. The standard InChI is InChI=1S/C30H21BrClN3O2S/c1-38-22-10-4-17(5-11-22)26-16-27-24-15-20(31)7-13-28(24)36-30(35(27)33-26)19-6-12-25-23(14-19)29(37-34-25)18-2-8-21(32)9-3-18/h2-15,27,30H,16H2,1H3. The summed E-state index contributed by atoms with van der Waals surface area (Å²) < 4.78 is 13.4. The Hall–Kier alpha value is -3.26. The minimum atomic E-state index is -0.394. The number of rotatable bonds is 4. The zero-order valence-corrected chi connectivity index (χ0v) is 23.4. The van der Waals surface area contributed by atoms with Gasteiger partial charge in [0.15, 0.2) is 5.76 Å². The third kappa shape index (κ3) is 4.10. The Balaban J connectivity index is 1.32. The second kappa shape index (κ2) is 9.49. The van der Waals surface area contributed by atoms with Crippen molar-refractivity contribution < 1.29 is 9.26 Å². The van der Waals surface area contributed by atoms with Crippen LogP contribution in [0.5, 0.6) is 5.75 Å². The van der Waals surface area contributed by atoms with E-state index in [1.165, 1.54) is 4.90 Å². The molecule has 0 amide bonds. The van der Waals surface area contributed by atoms with Gasteiger partial charge in [0.05, 0.1) is 17.1 Å². The second-order valence-corrected chi connectivity index (χ2v) is 11.6. The minimum absolute atomic E-state index is 0.0605. The van der Waals surface area contributed by atoms with Gasteiger partial charge < -0.3 is 9.26 Å². The maximum atomic E-state index is 6.62. The van der Waals surface area contributed by atoms with Crippen molar-refractivity contribution >= 4 is 55.9 Å². The van der Waals surface area contributed by atoms with E-state index in [0.717, 1.165) is 55.5 Å². The van der Waals surface area contributed by atoms with Gasteiger partial charge in [-0.2, -0.15) is 5.10 Å². The van der Waals surface area contributed by atoms with Gasteiger partial charge in [-0.05, 0) is 78.5 Å². The van der Waals surface area contributed by atoms with E-state index in [-0.39, 0.29) is 6.04 Å². The van der Waals surface area contributed by atoms with Crippen LogP contribution in [0.1, 0.15) is 35.4 Å². The highest BCUT2D eigenvalue weighted by atomic mass is 79.9. The Labute approximate surface area is 237 Å². The predicted molar refractivity (Wildman–Crippen MR) is 156 cm³/mol. The van der Waals surface area contributed by atoms with E-state index in [1.807, 2.05) is 48.5 Å². The van der Waals surface area contributed by atoms with Gasteiger partial charge in [-0.1, -0.05) is 50.9 Å². The van der Waals surface area contributed by atoms with Crippen LogP contribution in [-0.2, 0) is 0 Å². The van der Waals surface area contributed by atoms with Gasteiger partial charge in [-0.25, -0.2) is 5.01 Å². The molecular formula is C30H21BrClN3O2S. The molecule has 0 saturated carbocycles. The van der Waals surface area contributed by atoms with E-state index in [4.69, 9.17) is 26.0 Å². The topological polar surface area (TPSA) is 50.9 Å². The van der Waals surface area contributed by atoms with E-state index in [0.29, 0.717) is 10.8 Å². The number of hydrogen-bond acceptors (Lipinski definition) is 6. The first kappa shape index (κ1) is 23.8. The predicted octanol–water partition coefficient (Wildman–Crippen LogP) is 8.87. The summed E-state index contributed by atoms with van der Waals surface area (Å²) in [5, 5.41) is 13.1. The smallest absolute Gasteiger partial charge is 0.213 e. The van der Waals surface area contributed by atoms with Crippen LogP contribution in [-0.4, -0.2) is 22.1 Å². The lowest BCUT2D eigenvalue weighted by atomic mass is 9.95. The summed E-state index contributed by atoms with van der Waals surface area (Å²) in [5.74, 6) is 1.58. The van der Waals surface area contributed by atoms with Crippen LogP contribution in [0.25, 0.3) is 22.2 Å². The van der Waals surface area contributed by atoms with E-state index < -0.39 is 6.23 Å². The highest BCUT2D eigenvalue weighted by Gasteiger charge is 2.41. The quantitative estimate of drug-likeness (QED) is 0.192. The van der Waals surface area contributed by atoms with Gasteiger partial charge in [-0.3, -0.25) is 0 Å². The number of benzene rings is 4. The van der Waals surface area contributed by atoms with E-state index in [1.54, 1.807) is 11.8 Å². The van der Waals surface area contributed by atoms with Gasteiger partial charge in [0.1, 0.15) is 11.3 Å². The molecule has 2 aliphatic heterocycles. The Kier molecular flexibility index (Phi) is 5.95. The van der Waals surface area contributed by atoms with Gasteiger partial charge in [0.25, 0.3) is 0 Å². The number of nitrogens with zero attached hydrogens (tertiary/aromatic N) is 3. The molecular weight excluding hydrogens is 582 g/mol. The van der Waals surface area contributed by atoms with Crippen molar-refractivity contribution in [1.82, 2.24) is 10.2 Å². The molecule has 3 heterocycles.